The molecular formula is C30H33FN2O3S2. The van der Waals surface area contributed by atoms with Gasteiger partial charge in [0.25, 0.3) is 0 Å². The maximum atomic E-state index is 14.4. The Morgan fingerprint density at radius 3 is 2.37 bits per heavy atom. The minimum absolute atomic E-state index is 0.264. The van der Waals surface area contributed by atoms with Crippen LogP contribution in [0, 0.1) is 5.82 Å². The third kappa shape index (κ3) is 6.66. The summed E-state index contributed by atoms with van der Waals surface area (Å²) in [5.74, 6) is 1.29. The number of ether oxygens (including phenoxy) is 2. The average molecular weight is 553 g/mol. The molecule has 200 valence electrons. The van der Waals surface area contributed by atoms with Crippen molar-refractivity contribution in [1.29, 1.82) is 0 Å². The Balaban J connectivity index is 1.65. The lowest BCUT2D eigenvalue weighted by Gasteiger charge is -2.34. The highest BCUT2D eigenvalue weighted by Crippen LogP contribution is 2.42. The van der Waals surface area contributed by atoms with Crippen LogP contribution in [0.15, 0.2) is 66.0 Å². The number of rotatable bonds is 8. The number of nitrogens with zero attached hydrogens (tertiary/aromatic N) is 1. The van der Waals surface area contributed by atoms with Crippen LogP contribution in [0.5, 0.6) is 5.75 Å². The Kier molecular flexibility index (Phi) is 8.33. The molecule has 0 aliphatic heterocycles. The van der Waals surface area contributed by atoms with Gasteiger partial charge in [0.2, 0.25) is 0 Å². The second-order valence-corrected chi connectivity index (χ2v) is 13.1. The monoisotopic (exact) mass is 552 g/mol. The van der Waals surface area contributed by atoms with E-state index in [2.05, 4.69) is 19.2 Å². The third-order valence-electron chi connectivity index (χ3n) is 6.04. The lowest BCUT2D eigenvalue weighted by molar-refractivity contribution is 0.0494. The van der Waals surface area contributed by atoms with Gasteiger partial charge in [0.15, 0.2) is 0 Å². The maximum absolute atomic E-state index is 14.4. The van der Waals surface area contributed by atoms with Crippen molar-refractivity contribution in [1.82, 2.24) is 10.3 Å². The number of hydrogen-bond donors (Lipinski definition) is 1. The molecule has 0 aliphatic carbocycles. The Bertz CT molecular complexity index is 1410. The van der Waals surface area contributed by atoms with Gasteiger partial charge in [0.1, 0.15) is 22.2 Å². The molecule has 0 fully saturated rings. The summed E-state index contributed by atoms with van der Waals surface area (Å²) in [5, 5.41) is 7.15. The molecule has 4 rings (SSSR count). The standard InChI is InChI=1S/C30H33FN2O3S2/c1-29(2,3)36-28(34)33-26(30(4,5)38-17-19-11-13-20(35-6)14-12-19)27-32-25(18-37-27)23-15-16-24(31)22-10-8-7-9-21(22)23/h7-16,18,26H,17H2,1-6H3,(H,33,34)/t26-/m1/s1. The van der Waals surface area contributed by atoms with Crippen molar-refractivity contribution in [2.75, 3.05) is 7.11 Å². The summed E-state index contributed by atoms with van der Waals surface area (Å²) in [6.45, 7) is 9.71. The maximum Gasteiger partial charge on any atom is 0.408 e. The fourth-order valence-electron chi connectivity index (χ4n) is 4.06. The van der Waals surface area contributed by atoms with Gasteiger partial charge in [0.05, 0.1) is 18.8 Å². The molecule has 0 unspecified atom stereocenters. The van der Waals surface area contributed by atoms with Crippen molar-refractivity contribution in [3.63, 3.8) is 0 Å². The van der Waals surface area contributed by atoms with E-state index < -0.39 is 22.5 Å². The van der Waals surface area contributed by atoms with Crippen LogP contribution >= 0.6 is 23.1 Å². The number of thioether (sulfide) groups is 1. The Morgan fingerprint density at radius 2 is 1.71 bits per heavy atom. The number of hydrogen-bond acceptors (Lipinski definition) is 6. The first-order valence-electron chi connectivity index (χ1n) is 12.4. The fraction of sp³-hybridized carbons (Fsp3) is 0.333. The number of thiazole rings is 1. The number of benzene rings is 3. The predicted octanol–water partition coefficient (Wildman–Crippen LogP) is 8.39. The summed E-state index contributed by atoms with van der Waals surface area (Å²) in [4.78, 5) is 17.9. The van der Waals surface area contributed by atoms with E-state index in [9.17, 15) is 9.18 Å². The van der Waals surface area contributed by atoms with Crippen LogP contribution < -0.4 is 10.1 Å². The van der Waals surface area contributed by atoms with E-state index in [1.54, 1.807) is 31.0 Å². The quantitative estimate of drug-likeness (QED) is 0.238. The zero-order valence-corrected chi connectivity index (χ0v) is 24.1. The van der Waals surface area contributed by atoms with Crippen molar-refractivity contribution in [2.24, 2.45) is 0 Å². The zero-order valence-electron chi connectivity index (χ0n) is 22.5. The van der Waals surface area contributed by atoms with Crippen molar-refractivity contribution in [2.45, 2.75) is 56.8 Å². The van der Waals surface area contributed by atoms with E-state index in [1.807, 2.05) is 68.6 Å². The summed E-state index contributed by atoms with van der Waals surface area (Å²) < 4.78 is 24.9. The van der Waals surface area contributed by atoms with E-state index >= 15 is 0 Å². The van der Waals surface area contributed by atoms with Gasteiger partial charge in [-0.3, -0.25) is 0 Å². The minimum Gasteiger partial charge on any atom is -0.497 e. The number of carbonyl (C=O) groups is 1. The largest absolute Gasteiger partial charge is 0.497 e. The second kappa shape index (κ2) is 11.3. The SMILES string of the molecule is COc1ccc(CSC(C)(C)[C@H](NC(=O)OC(C)(C)C)c2nc(-c3ccc(F)c4ccccc34)cs2)cc1. The fourth-order valence-corrected chi connectivity index (χ4v) is 6.26. The normalized spacial score (nSPS) is 12.8. The summed E-state index contributed by atoms with van der Waals surface area (Å²) >= 11 is 3.20. The minimum atomic E-state index is -0.629. The number of amides is 1. The van der Waals surface area contributed by atoms with Gasteiger partial charge in [-0.25, -0.2) is 14.2 Å². The highest BCUT2D eigenvalue weighted by atomic mass is 32.2. The van der Waals surface area contributed by atoms with E-state index in [0.717, 1.165) is 38.7 Å². The first-order valence-corrected chi connectivity index (χ1v) is 14.2. The number of aromatic nitrogens is 1. The Morgan fingerprint density at radius 1 is 1.03 bits per heavy atom. The van der Waals surface area contributed by atoms with E-state index in [0.29, 0.717) is 5.39 Å². The molecular weight excluding hydrogens is 519 g/mol. The van der Waals surface area contributed by atoms with Crippen molar-refractivity contribution >= 4 is 40.0 Å². The van der Waals surface area contributed by atoms with Crippen LogP contribution in [-0.4, -0.2) is 28.5 Å². The number of nitrogens with one attached hydrogen (secondary N) is 1. The van der Waals surface area contributed by atoms with Crippen LogP contribution in [-0.2, 0) is 10.5 Å². The van der Waals surface area contributed by atoms with Crippen LogP contribution in [0.4, 0.5) is 9.18 Å². The number of halogens is 1. The van der Waals surface area contributed by atoms with Gasteiger partial charge in [-0.1, -0.05) is 36.4 Å². The average Bonchev–Trinajstić information content (AvgIpc) is 3.35. The smallest absolute Gasteiger partial charge is 0.408 e. The molecule has 5 nitrogen and oxygen atoms in total. The molecule has 1 aromatic heterocycles. The lowest BCUT2D eigenvalue weighted by Crippen LogP contribution is -2.42. The van der Waals surface area contributed by atoms with Gasteiger partial charge >= 0.3 is 6.09 Å². The van der Waals surface area contributed by atoms with Crippen molar-refractivity contribution in [3.8, 4) is 17.0 Å². The summed E-state index contributed by atoms with van der Waals surface area (Å²) in [6, 6.07) is 18.2. The van der Waals surface area contributed by atoms with Gasteiger partial charge in [-0.15, -0.1) is 23.1 Å². The summed E-state index contributed by atoms with van der Waals surface area (Å²) in [6.07, 6.45) is -0.496. The number of fused-ring (bicyclic) bond motifs is 1. The molecule has 38 heavy (non-hydrogen) atoms. The Hall–Kier alpha value is -3.10. The van der Waals surface area contributed by atoms with Gasteiger partial charge in [-0.05, 0) is 69.8 Å². The third-order valence-corrected chi connectivity index (χ3v) is 8.41. The van der Waals surface area contributed by atoms with Crippen molar-refractivity contribution in [3.05, 3.63) is 82.4 Å². The molecule has 4 aromatic rings. The van der Waals surface area contributed by atoms with Crippen LogP contribution in [0.2, 0.25) is 0 Å². The molecule has 3 aromatic carbocycles. The van der Waals surface area contributed by atoms with Gasteiger partial charge in [0, 0.05) is 26.8 Å². The molecule has 1 atom stereocenters. The summed E-state index contributed by atoms with van der Waals surface area (Å²) in [5.41, 5.74) is 2.12. The van der Waals surface area contributed by atoms with E-state index in [-0.39, 0.29) is 5.82 Å². The molecule has 0 saturated heterocycles. The molecule has 8 heteroatoms. The molecule has 0 bridgehead atoms. The number of methoxy groups -OCH3 is 1. The molecule has 0 aliphatic rings. The van der Waals surface area contributed by atoms with Crippen LogP contribution in [0.25, 0.3) is 22.0 Å². The molecule has 0 spiro atoms. The van der Waals surface area contributed by atoms with Crippen LogP contribution in [0.1, 0.15) is 51.2 Å². The first-order chi connectivity index (χ1) is 18.0. The molecule has 0 radical (unpaired) electrons. The summed E-state index contributed by atoms with van der Waals surface area (Å²) in [7, 11) is 1.65. The predicted molar refractivity (Wildman–Crippen MR) is 155 cm³/mol. The zero-order chi connectivity index (χ0) is 27.5. The topological polar surface area (TPSA) is 60.5 Å². The lowest BCUT2D eigenvalue weighted by atomic mass is 10.0. The molecule has 0 saturated carbocycles. The van der Waals surface area contributed by atoms with Crippen LogP contribution in [0.3, 0.4) is 0 Å². The first kappa shape index (κ1) is 27.9. The second-order valence-electron chi connectivity index (χ2n) is 10.5. The van der Waals surface area contributed by atoms with E-state index in [1.165, 1.54) is 17.4 Å². The molecule has 1 N–H and O–H groups in total. The van der Waals surface area contributed by atoms with Gasteiger partial charge < -0.3 is 14.8 Å². The highest BCUT2D eigenvalue weighted by Gasteiger charge is 2.36. The molecule has 1 amide bonds. The Labute approximate surface area is 231 Å². The number of alkyl carbamates (subject to hydrolysis) is 1. The number of carbonyl (C=O) groups excluding carboxylic acids is 1. The highest BCUT2D eigenvalue weighted by molar-refractivity contribution is 7.99. The van der Waals surface area contributed by atoms with Gasteiger partial charge in [-0.2, -0.15) is 0 Å². The van der Waals surface area contributed by atoms with Crippen molar-refractivity contribution < 1.29 is 18.7 Å². The molecule has 1 heterocycles. The van der Waals surface area contributed by atoms with E-state index in [4.69, 9.17) is 14.5 Å².